The number of halogens is 1. The third-order valence-corrected chi connectivity index (χ3v) is 3.38. The number of anilines is 1. The van der Waals surface area contributed by atoms with Crippen LogP contribution in [-0.4, -0.2) is 21.7 Å². The first-order chi connectivity index (χ1) is 10.7. The molecule has 110 valence electrons. The number of aromatic nitrogens is 3. The van der Waals surface area contributed by atoms with Crippen LogP contribution < -0.4 is 10.1 Å². The highest BCUT2D eigenvalue weighted by atomic mass is 35.5. The van der Waals surface area contributed by atoms with Gasteiger partial charge < -0.3 is 10.1 Å². The summed E-state index contributed by atoms with van der Waals surface area (Å²) in [6.07, 6.45) is 1.47. The van der Waals surface area contributed by atoms with Gasteiger partial charge in [0, 0.05) is 12.6 Å². The van der Waals surface area contributed by atoms with E-state index >= 15 is 0 Å². The lowest BCUT2D eigenvalue weighted by Crippen LogP contribution is -2.04. The zero-order valence-corrected chi connectivity index (χ0v) is 12.5. The van der Waals surface area contributed by atoms with E-state index in [2.05, 4.69) is 15.4 Å². The molecular formula is C15H12ClN5O. The molecule has 3 aromatic rings. The fourth-order valence-corrected chi connectivity index (χ4v) is 2.27. The molecule has 6 nitrogen and oxygen atoms in total. The topological polar surface area (TPSA) is 75.2 Å². The van der Waals surface area contributed by atoms with Crippen molar-refractivity contribution in [3.63, 3.8) is 0 Å². The Morgan fingerprint density at radius 3 is 2.82 bits per heavy atom. The number of hydrogen-bond acceptors (Lipinski definition) is 5. The maximum absolute atomic E-state index is 9.04. The summed E-state index contributed by atoms with van der Waals surface area (Å²) >= 11 is 6.01. The van der Waals surface area contributed by atoms with Crippen molar-refractivity contribution in [2.24, 2.45) is 0 Å². The van der Waals surface area contributed by atoms with Gasteiger partial charge in [-0.05, 0) is 17.7 Å². The van der Waals surface area contributed by atoms with Gasteiger partial charge in [0.05, 0.1) is 19.0 Å². The van der Waals surface area contributed by atoms with E-state index in [0.717, 1.165) is 17.0 Å². The summed E-state index contributed by atoms with van der Waals surface area (Å²) in [5.41, 5.74) is 2.70. The van der Waals surface area contributed by atoms with Gasteiger partial charge in [-0.15, -0.1) is 0 Å². The van der Waals surface area contributed by atoms with Crippen LogP contribution in [0.3, 0.4) is 0 Å². The maximum Gasteiger partial charge on any atom is 0.178 e. The van der Waals surface area contributed by atoms with Gasteiger partial charge in [0.15, 0.2) is 16.5 Å². The largest absolute Gasteiger partial charge is 0.497 e. The minimum absolute atomic E-state index is 0.291. The second-order valence-corrected chi connectivity index (χ2v) is 4.96. The van der Waals surface area contributed by atoms with Crippen molar-refractivity contribution in [1.82, 2.24) is 14.6 Å². The summed E-state index contributed by atoms with van der Waals surface area (Å²) in [6, 6.07) is 11.5. The van der Waals surface area contributed by atoms with E-state index < -0.39 is 0 Å². The van der Waals surface area contributed by atoms with E-state index in [9.17, 15) is 0 Å². The van der Waals surface area contributed by atoms with Crippen LogP contribution in [0.25, 0.3) is 5.65 Å². The van der Waals surface area contributed by atoms with Gasteiger partial charge in [-0.25, -0.2) is 4.98 Å². The Bertz CT molecular complexity index is 851. The number of nitriles is 1. The Labute approximate surface area is 131 Å². The molecule has 3 rings (SSSR count). The lowest BCUT2D eigenvalue weighted by atomic mass is 10.2. The summed E-state index contributed by atoms with van der Waals surface area (Å²) in [5, 5.41) is 16.7. The fraction of sp³-hybridized carbons (Fsp3) is 0.133. The van der Waals surface area contributed by atoms with Gasteiger partial charge in [-0.3, -0.25) is 0 Å². The molecule has 0 saturated heterocycles. The molecule has 0 aliphatic carbocycles. The number of fused-ring (bicyclic) bond motifs is 1. The summed E-state index contributed by atoms with van der Waals surface area (Å²) in [5.74, 6) is 0.810. The maximum atomic E-state index is 9.04. The molecule has 1 aromatic carbocycles. The Morgan fingerprint density at radius 2 is 2.14 bits per heavy atom. The van der Waals surface area contributed by atoms with E-state index in [0.29, 0.717) is 23.0 Å². The molecule has 2 heterocycles. The number of benzene rings is 1. The first kappa shape index (κ1) is 14.2. The molecule has 0 spiro atoms. The van der Waals surface area contributed by atoms with Crippen LogP contribution in [0, 0.1) is 11.3 Å². The minimum Gasteiger partial charge on any atom is -0.497 e. The minimum atomic E-state index is 0.291. The van der Waals surface area contributed by atoms with Crippen molar-refractivity contribution >= 4 is 22.9 Å². The molecule has 7 heteroatoms. The molecule has 2 aromatic heterocycles. The van der Waals surface area contributed by atoms with E-state index in [1.54, 1.807) is 13.2 Å². The molecule has 0 radical (unpaired) electrons. The summed E-state index contributed by atoms with van der Waals surface area (Å²) in [4.78, 5) is 4.21. The van der Waals surface area contributed by atoms with Crippen LogP contribution >= 0.6 is 11.6 Å². The molecule has 0 bridgehead atoms. The highest BCUT2D eigenvalue weighted by molar-refractivity contribution is 6.29. The van der Waals surface area contributed by atoms with Crippen LogP contribution in [0.1, 0.15) is 11.3 Å². The number of imidazole rings is 1. The molecule has 1 N–H and O–H groups in total. The predicted octanol–water partition coefficient (Wildman–Crippen LogP) is 2.88. The van der Waals surface area contributed by atoms with Gasteiger partial charge in [0.2, 0.25) is 0 Å². The van der Waals surface area contributed by atoms with Crippen molar-refractivity contribution in [2.75, 3.05) is 12.4 Å². The molecule has 0 amide bonds. The van der Waals surface area contributed by atoms with Crippen LogP contribution in [0.5, 0.6) is 5.75 Å². The normalized spacial score (nSPS) is 10.4. The van der Waals surface area contributed by atoms with Crippen molar-refractivity contribution in [2.45, 2.75) is 6.54 Å². The number of nitrogens with one attached hydrogen (secondary N) is 1. The number of methoxy groups -OCH3 is 1. The molecule has 0 aliphatic rings. The Morgan fingerprint density at radius 1 is 1.36 bits per heavy atom. The third kappa shape index (κ3) is 2.67. The van der Waals surface area contributed by atoms with Gasteiger partial charge in [0.1, 0.15) is 11.8 Å². The van der Waals surface area contributed by atoms with Crippen molar-refractivity contribution in [3.05, 3.63) is 52.9 Å². The molecule has 22 heavy (non-hydrogen) atoms. The van der Waals surface area contributed by atoms with Crippen molar-refractivity contribution in [1.29, 1.82) is 5.26 Å². The first-order valence-electron chi connectivity index (χ1n) is 6.52. The first-order valence-corrected chi connectivity index (χ1v) is 6.90. The monoisotopic (exact) mass is 313 g/mol. The molecule has 0 atom stereocenters. The van der Waals surface area contributed by atoms with Crippen molar-refractivity contribution < 1.29 is 4.74 Å². The lowest BCUT2D eigenvalue weighted by Gasteiger charge is -2.09. The van der Waals surface area contributed by atoms with Gasteiger partial charge in [-0.1, -0.05) is 23.7 Å². The zero-order chi connectivity index (χ0) is 15.5. The van der Waals surface area contributed by atoms with Crippen LogP contribution in [0.2, 0.25) is 5.15 Å². The smallest absolute Gasteiger partial charge is 0.178 e. The van der Waals surface area contributed by atoms with Gasteiger partial charge in [-0.2, -0.15) is 14.9 Å². The van der Waals surface area contributed by atoms with Crippen LogP contribution in [0.15, 0.2) is 36.5 Å². The van der Waals surface area contributed by atoms with E-state index in [4.69, 9.17) is 21.6 Å². The molecule has 0 fully saturated rings. The van der Waals surface area contributed by atoms with Crippen molar-refractivity contribution in [3.8, 4) is 11.8 Å². The number of nitrogens with zero attached hydrogens (tertiary/aromatic N) is 4. The highest BCUT2D eigenvalue weighted by Gasteiger charge is 2.10. The fourth-order valence-electron chi connectivity index (χ4n) is 2.09. The van der Waals surface area contributed by atoms with E-state index in [-0.39, 0.29) is 0 Å². The SMILES string of the molecule is COc1ccc(CNc2cc(Cl)nn3c(C#N)cnc23)cc1. The van der Waals surface area contributed by atoms with Gasteiger partial charge >= 0.3 is 0 Å². The number of rotatable bonds is 4. The van der Waals surface area contributed by atoms with E-state index in [1.807, 2.05) is 30.3 Å². The average Bonchev–Trinajstić information content (AvgIpc) is 2.96. The summed E-state index contributed by atoms with van der Waals surface area (Å²) < 4.78 is 6.56. The Hall–Kier alpha value is -2.78. The average molecular weight is 314 g/mol. The van der Waals surface area contributed by atoms with E-state index in [1.165, 1.54) is 10.7 Å². The molecule has 0 saturated carbocycles. The lowest BCUT2D eigenvalue weighted by molar-refractivity contribution is 0.414. The quantitative estimate of drug-likeness (QED) is 0.801. The summed E-state index contributed by atoms with van der Waals surface area (Å²) in [6.45, 7) is 0.592. The summed E-state index contributed by atoms with van der Waals surface area (Å²) in [7, 11) is 1.63. The zero-order valence-electron chi connectivity index (χ0n) is 11.7. The molecule has 0 aliphatic heterocycles. The second-order valence-electron chi connectivity index (χ2n) is 4.57. The standard InChI is InChI=1S/C15H12ClN5O/c1-22-12-4-2-10(3-5-12)8-18-13-6-14(16)20-21-11(7-17)9-19-15(13)21/h2-6,9,18H,8H2,1H3. The highest BCUT2D eigenvalue weighted by Crippen LogP contribution is 2.21. The second kappa shape index (κ2) is 5.92. The predicted molar refractivity (Wildman–Crippen MR) is 83.0 cm³/mol. The Kier molecular flexibility index (Phi) is 3.81. The molecular weight excluding hydrogens is 302 g/mol. The Balaban J connectivity index is 1.87. The number of ether oxygens (including phenoxy) is 1. The third-order valence-electron chi connectivity index (χ3n) is 3.19. The van der Waals surface area contributed by atoms with Crippen LogP contribution in [0.4, 0.5) is 5.69 Å². The number of hydrogen-bond donors (Lipinski definition) is 1. The molecule has 0 unspecified atom stereocenters. The van der Waals surface area contributed by atoms with Crippen LogP contribution in [-0.2, 0) is 6.54 Å². The van der Waals surface area contributed by atoms with Gasteiger partial charge in [0.25, 0.3) is 0 Å².